The van der Waals surface area contributed by atoms with Crippen LogP contribution in [0.3, 0.4) is 0 Å². The van der Waals surface area contributed by atoms with E-state index >= 15 is 0 Å². The summed E-state index contributed by atoms with van der Waals surface area (Å²) in [6, 6.07) is 30.3. The average Bonchev–Trinajstić information content (AvgIpc) is 2.91. The summed E-state index contributed by atoms with van der Waals surface area (Å²) >= 11 is 0. The molecular formula is C30H30N2O4S. The molecule has 7 heteroatoms. The number of aryl methyl sites for hydroxylation is 1. The van der Waals surface area contributed by atoms with Gasteiger partial charge in [0, 0.05) is 5.56 Å². The third-order valence-electron chi connectivity index (χ3n) is 5.55. The molecular weight excluding hydrogens is 484 g/mol. The standard InChI is InChI=1S/C30H30N2O4S/c1-4-35-27-17-13-25(14-18-27)31-30(24-9-7-6-8-10-24)32(26-15-19-28(20-16-26)36-5-2)37(33,34)29-21-11-23(3)12-22-29/h6-22H,4-5H2,1-3H3. The van der Waals surface area contributed by atoms with Crippen molar-refractivity contribution in [2.75, 3.05) is 17.5 Å². The summed E-state index contributed by atoms with van der Waals surface area (Å²) in [4.78, 5) is 5.02. The molecule has 37 heavy (non-hydrogen) atoms. The fourth-order valence-electron chi connectivity index (χ4n) is 3.76. The molecule has 0 bridgehead atoms. The Morgan fingerprint density at radius 2 is 1.27 bits per heavy atom. The van der Waals surface area contributed by atoms with Gasteiger partial charge in [-0.1, -0.05) is 48.0 Å². The van der Waals surface area contributed by atoms with Gasteiger partial charge in [-0.15, -0.1) is 0 Å². The second kappa shape index (κ2) is 11.8. The van der Waals surface area contributed by atoms with Gasteiger partial charge in [0.25, 0.3) is 10.0 Å². The number of nitrogens with zero attached hydrogens (tertiary/aromatic N) is 2. The molecule has 4 rings (SSSR count). The Balaban J connectivity index is 1.92. The molecule has 0 fully saturated rings. The maximum atomic E-state index is 14.2. The first-order valence-electron chi connectivity index (χ1n) is 12.1. The fraction of sp³-hybridized carbons (Fsp3) is 0.167. The van der Waals surface area contributed by atoms with Gasteiger partial charge in [0.2, 0.25) is 0 Å². The normalized spacial score (nSPS) is 11.7. The van der Waals surface area contributed by atoms with Crippen molar-refractivity contribution in [3.05, 3.63) is 114 Å². The number of rotatable bonds is 9. The highest BCUT2D eigenvalue weighted by molar-refractivity contribution is 7.93. The van der Waals surface area contributed by atoms with Crippen molar-refractivity contribution in [1.82, 2.24) is 0 Å². The summed E-state index contributed by atoms with van der Waals surface area (Å²) in [5.74, 6) is 1.65. The number of anilines is 1. The quantitative estimate of drug-likeness (QED) is 0.183. The monoisotopic (exact) mass is 514 g/mol. The number of hydrogen-bond acceptors (Lipinski definition) is 5. The lowest BCUT2D eigenvalue weighted by Gasteiger charge is -2.26. The molecule has 0 saturated carbocycles. The van der Waals surface area contributed by atoms with Gasteiger partial charge < -0.3 is 9.47 Å². The number of amidine groups is 1. The summed E-state index contributed by atoms with van der Waals surface area (Å²) in [6.45, 7) is 6.81. The van der Waals surface area contributed by atoms with Crippen molar-refractivity contribution in [1.29, 1.82) is 0 Å². The summed E-state index contributed by atoms with van der Waals surface area (Å²) in [5.41, 5.74) is 2.66. The first-order chi connectivity index (χ1) is 17.9. The van der Waals surface area contributed by atoms with Gasteiger partial charge in [0.15, 0.2) is 5.84 Å². The number of hydrogen-bond donors (Lipinski definition) is 0. The van der Waals surface area contributed by atoms with E-state index in [0.29, 0.717) is 35.9 Å². The molecule has 0 N–H and O–H groups in total. The van der Waals surface area contributed by atoms with Crippen LogP contribution in [0, 0.1) is 6.92 Å². The molecule has 190 valence electrons. The molecule has 0 aliphatic carbocycles. The molecule has 0 saturated heterocycles. The molecule has 4 aromatic carbocycles. The lowest BCUT2D eigenvalue weighted by Crippen LogP contribution is -2.37. The largest absolute Gasteiger partial charge is 0.494 e. The van der Waals surface area contributed by atoms with Crippen LogP contribution >= 0.6 is 0 Å². The van der Waals surface area contributed by atoms with Crippen LogP contribution < -0.4 is 13.8 Å². The maximum Gasteiger partial charge on any atom is 0.269 e. The van der Waals surface area contributed by atoms with E-state index in [-0.39, 0.29) is 10.7 Å². The van der Waals surface area contributed by atoms with E-state index in [1.807, 2.05) is 75.4 Å². The Hall–Kier alpha value is -4.10. The zero-order chi connectivity index (χ0) is 26.3. The molecule has 0 aliphatic rings. The molecule has 4 aromatic rings. The minimum Gasteiger partial charge on any atom is -0.494 e. The van der Waals surface area contributed by atoms with Gasteiger partial charge in [-0.05, 0) is 81.4 Å². The average molecular weight is 515 g/mol. The van der Waals surface area contributed by atoms with Crippen LogP contribution in [-0.4, -0.2) is 27.5 Å². The van der Waals surface area contributed by atoms with E-state index in [0.717, 1.165) is 11.3 Å². The third kappa shape index (κ3) is 6.19. The van der Waals surface area contributed by atoms with Crippen LogP contribution in [0.4, 0.5) is 11.4 Å². The van der Waals surface area contributed by atoms with E-state index in [9.17, 15) is 8.42 Å². The van der Waals surface area contributed by atoms with E-state index in [2.05, 4.69) is 0 Å². The lowest BCUT2D eigenvalue weighted by atomic mass is 10.2. The summed E-state index contributed by atoms with van der Waals surface area (Å²) in [5, 5.41) is 0. The topological polar surface area (TPSA) is 68.2 Å². The van der Waals surface area contributed by atoms with Crippen molar-refractivity contribution < 1.29 is 17.9 Å². The molecule has 0 aliphatic heterocycles. The molecule has 0 spiro atoms. The first kappa shape index (κ1) is 26.0. The molecule has 6 nitrogen and oxygen atoms in total. The van der Waals surface area contributed by atoms with Crippen LogP contribution in [0.2, 0.25) is 0 Å². The van der Waals surface area contributed by atoms with Crippen LogP contribution in [-0.2, 0) is 10.0 Å². The van der Waals surface area contributed by atoms with Gasteiger partial charge >= 0.3 is 0 Å². The van der Waals surface area contributed by atoms with Crippen LogP contribution in [0.5, 0.6) is 11.5 Å². The Bertz CT molecular complexity index is 1430. The fourth-order valence-corrected chi connectivity index (χ4v) is 5.22. The number of aliphatic imine (C=N–C) groups is 1. The van der Waals surface area contributed by atoms with Crippen molar-refractivity contribution in [2.24, 2.45) is 4.99 Å². The van der Waals surface area contributed by atoms with Crippen LogP contribution in [0.1, 0.15) is 25.0 Å². The molecule has 0 unspecified atom stereocenters. The number of benzene rings is 4. The maximum absolute atomic E-state index is 14.2. The Morgan fingerprint density at radius 1 is 0.730 bits per heavy atom. The molecule has 0 heterocycles. The van der Waals surface area contributed by atoms with Gasteiger partial charge in [-0.3, -0.25) is 0 Å². The highest BCUT2D eigenvalue weighted by atomic mass is 32.2. The lowest BCUT2D eigenvalue weighted by molar-refractivity contribution is 0.340. The molecule has 0 atom stereocenters. The highest BCUT2D eigenvalue weighted by Gasteiger charge is 2.30. The van der Waals surface area contributed by atoms with Crippen molar-refractivity contribution in [3.8, 4) is 11.5 Å². The van der Waals surface area contributed by atoms with Crippen LogP contribution in [0.25, 0.3) is 0 Å². The Kier molecular flexibility index (Phi) is 8.25. The SMILES string of the molecule is CCOc1ccc(N=C(c2ccccc2)N(c2ccc(OCC)cc2)S(=O)(=O)c2ccc(C)cc2)cc1. The Morgan fingerprint density at radius 3 is 1.81 bits per heavy atom. The smallest absolute Gasteiger partial charge is 0.269 e. The molecule has 0 radical (unpaired) electrons. The van der Waals surface area contributed by atoms with Gasteiger partial charge in [0.1, 0.15) is 11.5 Å². The minimum atomic E-state index is -4.04. The third-order valence-corrected chi connectivity index (χ3v) is 7.28. The van der Waals surface area contributed by atoms with Gasteiger partial charge in [-0.2, -0.15) is 0 Å². The second-order valence-electron chi connectivity index (χ2n) is 8.24. The second-order valence-corrected chi connectivity index (χ2v) is 10.0. The predicted octanol–water partition coefficient (Wildman–Crippen LogP) is 6.77. The molecule has 0 aromatic heterocycles. The van der Waals surface area contributed by atoms with Crippen molar-refractivity contribution in [2.45, 2.75) is 25.7 Å². The van der Waals surface area contributed by atoms with Crippen molar-refractivity contribution in [3.63, 3.8) is 0 Å². The van der Waals surface area contributed by atoms with E-state index in [4.69, 9.17) is 14.5 Å². The predicted molar refractivity (Wildman–Crippen MR) is 149 cm³/mol. The highest BCUT2D eigenvalue weighted by Crippen LogP contribution is 2.30. The summed E-state index contributed by atoms with van der Waals surface area (Å²) < 4.78 is 40.8. The summed E-state index contributed by atoms with van der Waals surface area (Å²) in [6.07, 6.45) is 0. The number of sulfonamides is 1. The Labute approximate surface area is 218 Å². The van der Waals surface area contributed by atoms with E-state index < -0.39 is 10.0 Å². The number of ether oxygens (including phenoxy) is 2. The zero-order valence-electron chi connectivity index (χ0n) is 21.2. The van der Waals surface area contributed by atoms with Gasteiger partial charge in [-0.25, -0.2) is 17.7 Å². The van der Waals surface area contributed by atoms with E-state index in [1.165, 1.54) is 4.31 Å². The zero-order valence-corrected chi connectivity index (χ0v) is 22.0. The van der Waals surface area contributed by atoms with Crippen LogP contribution in [0.15, 0.2) is 113 Å². The molecule has 0 amide bonds. The van der Waals surface area contributed by atoms with Gasteiger partial charge in [0.05, 0.1) is 29.5 Å². The summed E-state index contributed by atoms with van der Waals surface area (Å²) in [7, 11) is -4.04. The van der Waals surface area contributed by atoms with Crippen molar-refractivity contribution >= 4 is 27.2 Å². The first-order valence-corrected chi connectivity index (χ1v) is 13.6. The van der Waals surface area contributed by atoms with E-state index in [1.54, 1.807) is 48.5 Å². The minimum absolute atomic E-state index is 0.169.